The lowest BCUT2D eigenvalue weighted by Crippen LogP contribution is -2.29. The molecule has 2 unspecified atom stereocenters. The van der Waals surface area contributed by atoms with E-state index in [9.17, 15) is 0 Å². The van der Waals surface area contributed by atoms with Gasteiger partial charge in [-0.2, -0.15) is 0 Å². The Bertz CT molecular complexity index is 427. The summed E-state index contributed by atoms with van der Waals surface area (Å²) in [5, 5.41) is 3.78. The minimum atomic E-state index is 0.570. The van der Waals surface area contributed by atoms with E-state index in [1.807, 2.05) is 0 Å². The number of benzene rings is 1. The molecule has 1 aliphatic carbocycles. The van der Waals surface area contributed by atoms with E-state index < -0.39 is 0 Å². The van der Waals surface area contributed by atoms with Gasteiger partial charge in [0.2, 0.25) is 0 Å². The van der Waals surface area contributed by atoms with Gasteiger partial charge in [-0.05, 0) is 76.7 Å². The van der Waals surface area contributed by atoms with Crippen molar-refractivity contribution in [1.29, 1.82) is 0 Å². The Morgan fingerprint density at radius 1 is 1.14 bits per heavy atom. The van der Waals surface area contributed by atoms with E-state index in [0.29, 0.717) is 12.1 Å². The quantitative estimate of drug-likeness (QED) is 0.751. The highest BCUT2D eigenvalue weighted by atomic mass is 15.1. The molecule has 1 aromatic carbocycles. The smallest absolute Gasteiger partial charge is 0.0323 e. The number of unbranched alkanes of at least 4 members (excludes halogenated alkanes) is 1. The molecule has 0 spiro atoms. The molecule has 0 amide bonds. The highest BCUT2D eigenvalue weighted by molar-refractivity contribution is 5.34. The number of hydrogen-bond donors (Lipinski definition) is 1. The van der Waals surface area contributed by atoms with E-state index in [4.69, 9.17) is 0 Å². The number of nitrogens with one attached hydrogen (secondary N) is 1. The Hall–Kier alpha value is -0.860. The minimum Gasteiger partial charge on any atom is -0.310 e. The van der Waals surface area contributed by atoms with Gasteiger partial charge >= 0.3 is 0 Å². The van der Waals surface area contributed by atoms with Gasteiger partial charge in [0.05, 0.1) is 0 Å². The zero-order valence-electron chi connectivity index (χ0n) is 14.2. The summed E-state index contributed by atoms with van der Waals surface area (Å²) in [4.78, 5) is 2.43. The minimum absolute atomic E-state index is 0.570. The second-order valence-electron chi connectivity index (χ2n) is 6.90. The molecule has 0 saturated carbocycles. The largest absolute Gasteiger partial charge is 0.310 e. The lowest BCUT2D eigenvalue weighted by molar-refractivity contribution is 0.267. The van der Waals surface area contributed by atoms with Gasteiger partial charge in [-0.15, -0.1) is 0 Å². The van der Waals surface area contributed by atoms with Crippen molar-refractivity contribution in [1.82, 2.24) is 10.2 Å². The summed E-state index contributed by atoms with van der Waals surface area (Å²) in [6.07, 6.45) is 5.15. The molecule has 118 valence electrons. The summed E-state index contributed by atoms with van der Waals surface area (Å²) in [7, 11) is 2.22. The normalized spacial score (nSPS) is 21.8. The topological polar surface area (TPSA) is 15.3 Å². The summed E-state index contributed by atoms with van der Waals surface area (Å²) in [5.41, 5.74) is 3.09. The fourth-order valence-electron chi connectivity index (χ4n) is 3.24. The molecule has 1 aromatic rings. The third kappa shape index (κ3) is 4.55. The van der Waals surface area contributed by atoms with Gasteiger partial charge in [0.1, 0.15) is 0 Å². The van der Waals surface area contributed by atoms with Gasteiger partial charge in [-0.1, -0.05) is 31.2 Å². The SMILES string of the molecule is CC1CCC(NCCCCN(C)C(C)C)c2ccccc21. The Balaban J connectivity index is 1.76. The molecule has 1 N–H and O–H groups in total. The predicted molar refractivity (Wildman–Crippen MR) is 91.8 cm³/mol. The first kappa shape index (κ1) is 16.5. The van der Waals surface area contributed by atoms with Crippen LogP contribution in [0.1, 0.15) is 69.5 Å². The first-order chi connectivity index (χ1) is 10.1. The van der Waals surface area contributed by atoms with Gasteiger partial charge in [0.15, 0.2) is 0 Å². The van der Waals surface area contributed by atoms with Gasteiger partial charge in [0.25, 0.3) is 0 Å². The second-order valence-corrected chi connectivity index (χ2v) is 6.90. The zero-order valence-corrected chi connectivity index (χ0v) is 14.2. The van der Waals surface area contributed by atoms with Crippen LogP contribution in [0, 0.1) is 0 Å². The molecule has 0 saturated heterocycles. The fraction of sp³-hybridized carbons (Fsp3) is 0.684. The first-order valence-corrected chi connectivity index (χ1v) is 8.62. The summed E-state index contributed by atoms with van der Waals surface area (Å²) in [6, 6.07) is 10.2. The molecule has 0 fully saturated rings. The molecule has 2 rings (SSSR count). The average Bonchev–Trinajstić information content (AvgIpc) is 2.49. The molecular weight excluding hydrogens is 256 g/mol. The Morgan fingerprint density at radius 3 is 2.57 bits per heavy atom. The number of hydrogen-bond acceptors (Lipinski definition) is 2. The lowest BCUT2D eigenvalue weighted by Gasteiger charge is -2.30. The van der Waals surface area contributed by atoms with Crippen molar-refractivity contribution < 1.29 is 0 Å². The maximum atomic E-state index is 3.78. The van der Waals surface area contributed by atoms with Crippen molar-refractivity contribution in [3.05, 3.63) is 35.4 Å². The van der Waals surface area contributed by atoms with E-state index in [-0.39, 0.29) is 0 Å². The lowest BCUT2D eigenvalue weighted by atomic mass is 9.81. The van der Waals surface area contributed by atoms with Crippen LogP contribution in [-0.4, -0.2) is 31.1 Å². The molecule has 2 atom stereocenters. The Kier molecular flexibility index (Phi) is 6.25. The molecule has 1 aliphatic rings. The number of fused-ring (bicyclic) bond motifs is 1. The summed E-state index contributed by atoms with van der Waals surface area (Å²) < 4.78 is 0. The summed E-state index contributed by atoms with van der Waals surface area (Å²) in [5.74, 6) is 0.721. The van der Waals surface area contributed by atoms with E-state index in [1.165, 1.54) is 37.8 Å². The highest BCUT2D eigenvalue weighted by Gasteiger charge is 2.23. The van der Waals surface area contributed by atoms with Crippen LogP contribution in [0.15, 0.2) is 24.3 Å². The van der Waals surface area contributed by atoms with Crippen molar-refractivity contribution >= 4 is 0 Å². The van der Waals surface area contributed by atoms with E-state index >= 15 is 0 Å². The van der Waals surface area contributed by atoms with E-state index in [1.54, 1.807) is 5.56 Å². The van der Waals surface area contributed by atoms with Crippen molar-refractivity contribution in [2.45, 2.75) is 64.5 Å². The zero-order chi connectivity index (χ0) is 15.2. The fourth-order valence-corrected chi connectivity index (χ4v) is 3.24. The van der Waals surface area contributed by atoms with Crippen LogP contribution in [0.3, 0.4) is 0 Å². The average molecular weight is 288 g/mol. The van der Waals surface area contributed by atoms with Crippen molar-refractivity contribution in [2.75, 3.05) is 20.1 Å². The first-order valence-electron chi connectivity index (χ1n) is 8.62. The van der Waals surface area contributed by atoms with Crippen LogP contribution >= 0.6 is 0 Å². The standard InChI is InChI=1S/C19H32N2/c1-15(2)21(4)14-8-7-13-20-19-12-11-16(3)17-9-5-6-10-18(17)19/h5-6,9-10,15-16,19-20H,7-8,11-14H2,1-4H3. The number of rotatable bonds is 7. The maximum Gasteiger partial charge on any atom is 0.0323 e. The summed E-state index contributed by atoms with van der Waals surface area (Å²) in [6.45, 7) is 9.23. The van der Waals surface area contributed by atoms with Crippen LogP contribution in [0.25, 0.3) is 0 Å². The molecule has 2 heteroatoms. The third-order valence-electron chi connectivity index (χ3n) is 5.00. The Morgan fingerprint density at radius 2 is 1.86 bits per heavy atom. The van der Waals surface area contributed by atoms with E-state index in [0.717, 1.165) is 12.5 Å². The third-order valence-corrected chi connectivity index (χ3v) is 5.00. The van der Waals surface area contributed by atoms with Crippen molar-refractivity contribution in [2.24, 2.45) is 0 Å². The highest BCUT2D eigenvalue weighted by Crippen LogP contribution is 2.36. The molecule has 0 aromatic heterocycles. The van der Waals surface area contributed by atoms with Gasteiger partial charge in [-0.25, -0.2) is 0 Å². The molecule has 0 bridgehead atoms. The van der Waals surface area contributed by atoms with Gasteiger partial charge in [0, 0.05) is 12.1 Å². The predicted octanol–water partition coefficient (Wildman–Crippen LogP) is 4.34. The Labute approximate surface area is 130 Å². The van der Waals surface area contributed by atoms with Gasteiger partial charge < -0.3 is 10.2 Å². The molecule has 0 heterocycles. The van der Waals surface area contributed by atoms with Crippen LogP contribution in [0.4, 0.5) is 0 Å². The van der Waals surface area contributed by atoms with Crippen molar-refractivity contribution in [3.63, 3.8) is 0 Å². The molecule has 0 radical (unpaired) electrons. The second kappa shape index (κ2) is 7.95. The summed E-state index contributed by atoms with van der Waals surface area (Å²) >= 11 is 0. The molecule has 21 heavy (non-hydrogen) atoms. The number of nitrogens with zero attached hydrogens (tertiary/aromatic N) is 1. The van der Waals surface area contributed by atoms with Crippen LogP contribution in [0.5, 0.6) is 0 Å². The monoisotopic (exact) mass is 288 g/mol. The van der Waals surface area contributed by atoms with E-state index in [2.05, 4.69) is 62.3 Å². The van der Waals surface area contributed by atoms with Crippen LogP contribution < -0.4 is 5.32 Å². The maximum absolute atomic E-state index is 3.78. The molecule has 2 nitrogen and oxygen atoms in total. The van der Waals surface area contributed by atoms with Crippen molar-refractivity contribution in [3.8, 4) is 0 Å². The van der Waals surface area contributed by atoms with Crippen LogP contribution in [-0.2, 0) is 0 Å². The molecule has 0 aliphatic heterocycles. The molecular formula is C19H32N2. The van der Waals surface area contributed by atoms with Gasteiger partial charge in [-0.3, -0.25) is 0 Å². The van der Waals surface area contributed by atoms with Crippen LogP contribution in [0.2, 0.25) is 0 Å².